The minimum Gasteiger partial charge on any atom is -0.352 e. The van der Waals surface area contributed by atoms with Gasteiger partial charge in [0.2, 0.25) is 0 Å². The summed E-state index contributed by atoms with van der Waals surface area (Å²) in [6.45, 7) is 6.51. The van der Waals surface area contributed by atoms with Crippen molar-refractivity contribution in [1.82, 2.24) is 9.97 Å². The second kappa shape index (κ2) is 7.64. The average Bonchev–Trinajstić information content (AvgIpc) is 2.98. The Morgan fingerprint density at radius 3 is 2.59 bits per heavy atom. The van der Waals surface area contributed by atoms with E-state index in [2.05, 4.69) is 15.3 Å². The quantitative estimate of drug-likeness (QED) is 0.845. The first-order chi connectivity index (χ1) is 12.8. The van der Waals surface area contributed by atoms with E-state index in [1.165, 1.54) is 12.4 Å². The number of aryl methyl sites for hydroxylation is 2. The fourth-order valence-electron chi connectivity index (χ4n) is 3.36. The van der Waals surface area contributed by atoms with Gasteiger partial charge in [-0.1, -0.05) is 17.7 Å². The average molecular weight is 388 g/mol. The molecule has 3 rings (SSSR count). The molecule has 1 aliphatic heterocycles. The minimum absolute atomic E-state index is 0.0933. The van der Waals surface area contributed by atoms with Crippen LogP contribution in [0.5, 0.6) is 0 Å². The molecule has 1 aromatic heterocycles. The lowest BCUT2D eigenvalue weighted by molar-refractivity contribution is 0.102. The van der Waals surface area contributed by atoms with Gasteiger partial charge in [0.25, 0.3) is 5.91 Å². The SMILES string of the molecule is CCN(c1cnc(C(=O)Nc2ccc(C)cc2C)cn1)C1CCS(=O)(=O)C1. The maximum absolute atomic E-state index is 12.4. The zero-order chi connectivity index (χ0) is 19.6. The summed E-state index contributed by atoms with van der Waals surface area (Å²) in [5.74, 6) is 0.602. The summed E-state index contributed by atoms with van der Waals surface area (Å²) in [5, 5.41) is 2.85. The highest BCUT2D eigenvalue weighted by Crippen LogP contribution is 2.22. The van der Waals surface area contributed by atoms with Gasteiger partial charge in [0.1, 0.15) is 11.5 Å². The summed E-state index contributed by atoms with van der Waals surface area (Å²) in [6.07, 6.45) is 3.55. The molecule has 1 fully saturated rings. The van der Waals surface area contributed by atoms with Crippen LogP contribution in [-0.4, -0.2) is 48.4 Å². The van der Waals surface area contributed by atoms with E-state index < -0.39 is 9.84 Å². The number of hydrogen-bond acceptors (Lipinski definition) is 6. The van der Waals surface area contributed by atoms with Gasteiger partial charge in [0, 0.05) is 18.3 Å². The summed E-state index contributed by atoms with van der Waals surface area (Å²) in [5.41, 5.74) is 3.06. The third-order valence-corrected chi connectivity index (χ3v) is 6.54. The zero-order valence-corrected chi connectivity index (χ0v) is 16.6. The van der Waals surface area contributed by atoms with Gasteiger partial charge >= 0.3 is 0 Å². The van der Waals surface area contributed by atoms with Crippen LogP contribution in [0.1, 0.15) is 35.0 Å². The van der Waals surface area contributed by atoms with E-state index in [9.17, 15) is 13.2 Å². The summed E-state index contributed by atoms with van der Waals surface area (Å²) in [6, 6.07) is 5.71. The fourth-order valence-corrected chi connectivity index (χ4v) is 5.09. The third-order valence-electron chi connectivity index (χ3n) is 4.79. The number of carbonyl (C=O) groups is 1. The largest absolute Gasteiger partial charge is 0.352 e. The Hall–Kier alpha value is -2.48. The lowest BCUT2D eigenvalue weighted by atomic mass is 10.1. The van der Waals surface area contributed by atoms with E-state index in [4.69, 9.17) is 0 Å². The van der Waals surface area contributed by atoms with E-state index in [1.807, 2.05) is 43.9 Å². The molecule has 8 heteroatoms. The number of nitrogens with zero attached hydrogens (tertiary/aromatic N) is 3. The van der Waals surface area contributed by atoms with Crippen molar-refractivity contribution < 1.29 is 13.2 Å². The number of benzene rings is 1. The maximum atomic E-state index is 12.4. The molecule has 1 unspecified atom stereocenters. The van der Waals surface area contributed by atoms with Crippen LogP contribution >= 0.6 is 0 Å². The first-order valence-corrected chi connectivity index (χ1v) is 10.8. The molecule has 1 atom stereocenters. The minimum atomic E-state index is -2.98. The molecule has 0 spiro atoms. The highest BCUT2D eigenvalue weighted by Gasteiger charge is 2.32. The van der Waals surface area contributed by atoms with Crippen LogP contribution in [0.3, 0.4) is 0 Å². The number of carbonyl (C=O) groups excluding carboxylic acids is 1. The Bertz CT molecular complexity index is 942. The Morgan fingerprint density at radius 2 is 2.04 bits per heavy atom. The summed E-state index contributed by atoms with van der Waals surface area (Å²) in [4.78, 5) is 23.0. The Kier molecular flexibility index (Phi) is 5.46. The van der Waals surface area contributed by atoms with Crippen LogP contribution in [0.2, 0.25) is 0 Å². The highest BCUT2D eigenvalue weighted by molar-refractivity contribution is 7.91. The molecule has 1 aliphatic rings. The monoisotopic (exact) mass is 388 g/mol. The Morgan fingerprint density at radius 1 is 1.26 bits per heavy atom. The van der Waals surface area contributed by atoms with Crippen LogP contribution < -0.4 is 10.2 Å². The molecule has 7 nitrogen and oxygen atoms in total. The molecule has 0 aliphatic carbocycles. The normalized spacial score (nSPS) is 18.3. The second-order valence-corrected chi connectivity index (χ2v) is 9.10. The molecule has 1 N–H and O–H groups in total. The third kappa shape index (κ3) is 4.44. The molecule has 27 heavy (non-hydrogen) atoms. The van der Waals surface area contributed by atoms with Crippen molar-refractivity contribution in [2.24, 2.45) is 0 Å². The van der Waals surface area contributed by atoms with E-state index in [0.717, 1.165) is 16.8 Å². The molecule has 0 bridgehead atoms. The molecular weight excluding hydrogens is 364 g/mol. The Labute approximate surface area is 159 Å². The van der Waals surface area contributed by atoms with Crippen LogP contribution in [0, 0.1) is 13.8 Å². The lowest BCUT2D eigenvalue weighted by Gasteiger charge is -2.27. The van der Waals surface area contributed by atoms with E-state index in [-0.39, 0.29) is 29.1 Å². The van der Waals surface area contributed by atoms with Gasteiger partial charge in [-0.2, -0.15) is 0 Å². The number of nitrogens with one attached hydrogen (secondary N) is 1. The van der Waals surface area contributed by atoms with E-state index >= 15 is 0 Å². The molecule has 0 radical (unpaired) electrons. The first kappa shape index (κ1) is 19.3. The summed E-state index contributed by atoms with van der Waals surface area (Å²) < 4.78 is 23.5. The van der Waals surface area contributed by atoms with Gasteiger partial charge in [-0.15, -0.1) is 0 Å². The van der Waals surface area contributed by atoms with Crippen molar-refractivity contribution in [1.29, 1.82) is 0 Å². The molecule has 1 amide bonds. The van der Waals surface area contributed by atoms with Crippen molar-refractivity contribution in [3.63, 3.8) is 0 Å². The van der Waals surface area contributed by atoms with Gasteiger partial charge < -0.3 is 10.2 Å². The second-order valence-electron chi connectivity index (χ2n) is 6.88. The van der Waals surface area contributed by atoms with Crippen molar-refractivity contribution in [2.75, 3.05) is 28.3 Å². The summed E-state index contributed by atoms with van der Waals surface area (Å²) in [7, 11) is -2.98. The molecule has 1 saturated heterocycles. The standard InChI is InChI=1S/C19H24N4O3S/c1-4-23(15-7-8-27(25,26)12-15)18-11-20-17(10-21-18)19(24)22-16-6-5-13(2)9-14(16)3/h5-6,9-11,15H,4,7-8,12H2,1-3H3,(H,22,24). The van der Waals surface area contributed by atoms with Gasteiger partial charge in [-0.3, -0.25) is 4.79 Å². The highest BCUT2D eigenvalue weighted by atomic mass is 32.2. The van der Waals surface area contributed by atoms with Crippen LogP contribution in [0.25, 0.3) is 0 Å². The van der Waals surface area contributed by atoms with Crippen LogP contribution in [0.4, 0.5) is 11.5 Å². The molecule has 0 saturated carbocycles. The van der Waals surface area contributed by atoms with Gasteiger partial charge in [0.15, 0.2) is 9.84 Å². The molecule has 2 aromatic rings. The topological polar surface area (TPSA) is 92.3 Å². The molecule has 2 heterocycles. The maximum Gasteiger partial charge on any atom is 0.275 e. The number of anilines is 2. The predicted molar refractivity (Wildman–Crippen MR) is 106 cm³/mol. The van der Waals surface area contributed by atoms with Crippen LogP contribution in [-0.2, 0) is 9.84 Å². The fraction of sp³-hybridized carbons (Fsp3) is 0.421. The zero-order valence-electron chi connectivity index (χ0n) is 15.8. The van der Waals surface area contributed by atoms with E-state index in [0.29, 0.717) is 18.8 Å². The molecule has 144 valence electrons. The first-order valence-electron chi connectivity index (χ1n) is 8.97. The molecular formula is C19H24N4O3S. The predicted octanol–water partition coefficient (Wildman–Crippen LogP) is 2.36. The van der Waals surface area contributed by atoms with E-state index in [1.54, 1.807) is 0 Å². The molecule has 1 aromatic carbocycles. The van der Waals surface area contributed by atoms with Crippen molar-refractivity contribution in [3.05, 3.63) is 47.4 Å². The van der Waals surface area contributed by atoms with Crippen LogP contribution in [0.15, 0.2) is 30.6 Å². The number of aromatic nitrogens is 2. The number of sulfone groups is 1. The van der Waals surface area contributed by atoms with Crippen molar-refractivity contribution >= 4 is 27.2 Å². The van der Waals surface area contributed by atoms with Gasteiger partial charge in [0.05, 0.1) is 23.9 Å². The van der Waals surface area contributed by atoms with Gasteiger partial charge in [-0.05, 0) is 38.8 Å². The van der Waals surface area contributed by atoms with Crippen molar-refractivity contribution in [3.8, 4) is 0 Å². The summed E-state index contributed by atoms with van der Waals surface area (Å²) >= 11 is 0. The van der Waals surface area contributed by atoms with Gasteiger partial charge in [-0.25, -0.2) is 18.4 Å². The lowest BCUT2D eigenvalue weighted by Crippen LogP contribution is -2.36. The number of amides is 1. The Balaban J connectivity index is 1.73. The number of rotatable bonds is 5. The smallest absolute Gasteiger partial charge is 0.275 e. The van der Waals surface area contributed by atoms with Crippen molar-refractivity contribution in [2.45, 2.75) is 33.2 Å². The number of hydrogen-bond donors (Lipinski definition) is 1.